The molecule has 0 aliphatic rings. The molecule has 66 valence electrons. The molecule has 0 amide bonds. The first-order valence-electron chi connectivity index (χ1n) is 4.42. The maximum atomic E-state index is 9.08. The van der Waals surface area contributed by atoms with E-state index in [-0.39, 0.29) is 6.10 Å². The summed E-state index contributed by atoms with van der Waals surface area (Å²) in [5, 5.41) is 9.08. The van der Waals surface area contributed by atoms with Gasteiger partial charge in [-0.1, -0.05) is 29.8 Å². The van der Waals surface area contributed by atoms with Gasteiger partial charge in [0.25, 0.3) is 0 Å². The maximum Gasteiger partial charge on any atom is 0.0515 e. The average molecular weight is 164 g/mol. The smallest absolute Gasteiger partial charge is 0.0515 e. The molecule has 1 aromatic rings. The van der Waals surface area contributed by atoms with E-state index in [4.69, 9.17) is 5.11 Å². The molecule has 0 radical (unpaired) electrons. The van der Waals surface area contributed by atoms with Crippen LogP contribution in [-0.2, 0) is 6.42 Å². The minimum Gasteiger partial charge on any atom is -0.393 e. The maximum absolute atomic E-state index is 9.08. The summed E-state index contributed by atoms with van der Waals surface area (Å²) >= 11 is 0. The number of aliphatic hydroxyl groups excluding tert-OH is 1. The van der Waals surface area contributed by atoms with Crippen molar-refractivity contribution in [2.75, 3.05) is 0 Å². The molecule has 1 N–H and O–H groups in total. The molecule has 0 saturated heterocycles. The molecule has 0 spiro atoms. The van der Waals surface area contributed by atoms with E-state index in [9.17, 15) is 0 Å². The van der Waals surface area contributed by atoms with Crippen LogP contribution in [0.15, 0.2) is 24.3 Å². The van der Waals surface area contributed by atoms with Crippen LogP contribution in [0, 0.1) is 6.92 Å². The third-order valence-corrected chi connectivity index (χ3v) is 1.93. The Balaban J connectivity index is 2.52. The summed E-state index contributed by atoms with van der Waals surface area (Å²) in [4.78, 5) is 0. The van der Waals surface area contributed by atoms with Crippen LogP contribution >= 0.6 is 0 Å². The fourth-order valence-corrected chi connectivity index (χ4v) is 1.24. The molecule has 1 rings (SSSR count). The lowest BCUT2D eigenvalue weighted by molar-refractivity contribution is 0.185. The number of hydrogen-bond donors (Lipinski definition) is 1. The summed E-state index contributed by atoms with van der Waals surface area (Å²) in [7, 11) is 0. The molecule has 0 aliphatic carbocycles. The van der Waals surface area contributed by atoms with Crippen molar-refractivity contribution in [3.8, 4) is 0 Å². The molecule has 0 saturated carbocycles. The van der Waals surface area contributed by atoms with Gasteiger partial charge in [-0.25, -0.2) is 0 Å². The van der Waals surface area contributed by atoms with E-state index in [1.807, 2.05) is 6.92 Å². The van der Waals surface area contributed by atoms with E-state index in [0.717, 1.165) is 12.8 Å². The third kappa shape index (κ3) is 3.05. The lowest BCUT2D eigenvalue weighted by Gasteiger charge is -2.04. The van der Waals surface area contributed by atoms with Crippen LogP contribution in [-0.4, -0.2) is 11.2 Å². The second-order valence-corrected chi connectivity index (χ2v) is 3.38. The van der Waals surface area contributed by atoms with Crippen LogP contribution in [0.2, 0.25) is 0 Å². The first kappa shape index (κ1) is 9.27. The summed E-state index contributed by atoms with van der Waals surface area (Å²) in [6, 6.07) is 8.43. The van der Waals surface area contributed by atoms with E-state index in [1.165, 1.54) is 11.1 Å². The molecular formula is C11H16O. The van der Waals surface area contributed by atoms with Gasteiger partial charge in [-0.3, -0.25) is 0 Å². The van der Waals surface area contributed by atoms with Crippen molar-refractivity contribution in [3.63, 3.8) is 0 Å². The Hall–Kier alpha value is -0.820. The van der Waals surface area contributed by atoms with Gasteiger partial charge in [-0.15, -0.1) is 0 Å². The highest BCUT2D eigenvalue weighted by Gasteiger charge is 1.97. The number of aryl methyl sites for hydroxylation is 2. The Morgan fingerprint density at radius 3 is 2.75 bits per heavy atom. The van der Waals surface area contributed by atoms with Crippen molar-refractivity contribution in [2.45, 2.75) is 32.8 Å². The van der Waals surface area contributed by atoms with Crippen molar-refractivity contribution in [1.29, 1.82) is 0 Å². The predicted molar refractivity (Wildman–Crippen MR) is 51.2 cm³/mol. The Kier molecular flexibility index (Phi) is 3.30. The Morgan fingerprint density at radius 1 is 1.42 bits per heavy atom. The quantitative estimate of drug-likeness (QED) is 0.726. The number of hydrogen-bond acceptors (Lipinski definition) is 1. The Morgan fingerprint density at radius 2 is 2.17 bits per heavy atom. The monoisotopic (exact) mass is 164 g/mol. The predicted octanol–water partition coefficient (Wildman–Crippen LogP) is 2.31. The van der Waals surface area contributed by atoms with E-state index >= 15 is 0 Å². The molecular weight excluding hydrogens is 148 g/mol. The van der Waals surface area contributed by atoms with Gasteiger partial charge < -0.3 is 5.11 Å². The lowest BCUT2D eigenvalue weighted by atomic mass is 10.1. The minimum atomic E-state index is -0.189. The van der Waals surface area contributed by atoms with Crippen molar-refractivity contribution in [2.24, 2.45) is 0 Å². The Bertz CT molecular complexity index is 241. The summed E-state index contributed by atoms with van der Waals surface area (Å²) < 4.78 is 0. The third-order valence-electron chi connectivity index (χ3n) is 1.93. The normalized spacial score (nSPS) is 12.9. The number of aliphatic hydroxyl groups is 1. The number of benzene rings is 1. The highest BCUT2D eigenvalue weighted by molar-refractivity contribution is 5.22. The highest BCUT2D eigenvalue weighted by Crippen LogP contribution is 2.07. The van der Waals surface area contributed by atoms with E-state index in [2.05, 4.69) is 31.2 Å². The minimum absolute atomic E-state index is 0.189. The second-order valence-electron chi connectivity index (χ2n) is 3.38. The molecule has 0 aromatic heterocycles. The fourth-order valence-electron chi connectivity index (χ4n) is 1.24. The summed E-state index contributed by atoms with van der Waals surface area (Å²) in [6.45, 7) is 3.92. The fraction of sp³-hybridized carbons (Fsp3) is 0.455. The van der Waals surface area contributed by atoms with Gasteiger partial charge in [0.1, 0.15) is 0 Å². The topological polar surface area (TPSA) is 20.2 Å². The first-order valence-corrected chi connectivity index (χ1v) is 4.42. The molecule has 0 heterocycles. The van der Waals surface area contributed by atoms with Gasteiger partial charge in [0, 0.05) is 0 Å². The van der Waals surface area contributed by atoms with Crippen LogP contribution in [0.1, 0.15) is 24.5 Å². The number of rotatable bonds is 3. The second kappa shape index (κ2) is 4.27. The molecule has 0 fully saturated rings. The van der Waals surface area contributed by atoms with Gasteiger partial charge in [0.15, 0.2) is 0 Å². The summed E-state index contributed by atoms with van der Waals surface area (Å²) in [5.41, 5.74) is 2.61. The molecule has 1 heteroatoms. The zero-order valence-electron chi connectivity index (χ0n) is 7.75. The molecule has 1 nitrogen and oxygen atoms in total. The lowest BCUT2D eigenvalue weighted by Crippen LogP contribution is -2.01. The molecule has 1 atom stereocenters. The van der Waals surface area contributed by atoms with Crippen LogP contribution < -0.4 is 0 Å². The average Bonchev–Trinajstić information content (AvgIpc) is 2.01. The van der Waals surface area contributed by atoms with Gasteiger partial charge in [0.05, 0.1) is 6.10 Å². The largest absolute Gasteiger partial charge is 0.393 e. The van der Waals surface area contributed by atoms with Gasteiger partial charge in [-0.2, -0.15) is 0 Å². The Labute approximate surface area is 74.1 Å². The van der Waals surface area contributed by atoms with E-state index < -0.39 is 0 Å². The van der Waals surface area contributed by atoms with Crippen molar-refractivity contribution in [3.05, 3.63) is 35.4 Å². The van der Waals surface area contributed by atoms with Crippen LogP contribution in [0.25, 0.3) is 0 Å². The van der Waals surface area contributed by atoms with Crippen LogP contribution in [0.3, 0.4) is 0 Å². The highest BCUT2D eigenvalue weighted by atomic mass is 16.3. The summed E-state index contributed by atoms with van der Waals surface area (Å²) in [6.07, 6.45) is 1.63. The standard InChI is InChI=1S/C11H16O/c1-9-4-3-5-11(8-9)7-6-10(2)12/h3-5,8,10,12H,6-7H2,1-2H3. The van der Waals surface area contributed by atoms with Gasteiger partial charge >= 0.3 is 0 Å². The molecule has 0 aliphatic heterocycles. The van der Waals surface area contributed by atoms with Crippen molar-refractivity contribution < 1.29 is 5.11 Å². The van der Waals surface area contributed by atoms with Crippen LogP contribution in [0.4, 0.5) is 0 Å². The molecule has 1 aromatic carbocycles. The van der Waals surface area contributed by atoms with E-state index in [1.54, 1.807) is 0 Å². The van der Waals surface area contributed by atoms with Crippen molar-refractivity contribution >= 4 is 0 Å². The first-order chi connectivity index (χ1) is 5.68. The van der Waals surface area contributed by atoms with Crippen molar-refractivity contribution in [1.82, 2.24) is 0 Å². The van der Waals surface area contributed by atoms with Gasteiger partial charge in [0.2, 0.25) is 0 Å². The SMILES string of the molecule is Cc1cccc(CCC(C)O)c1. The zero-order chi connectivity index (χ0) is 8.97. The molecule has 12 heavy (non-hydrogen) atoms. The molecule has 1 unspecified atom stereocenters. The molecule has 0 bridgehead atoms. The zero-order valence-corrected chi connectivity index (χ0v) is 7.75. The van der Waals surface area contributed by atoms with Crippen LogP contribution in [0.5, 0.6) is 0 Å². The van der Waals surface area contributed by atoms with Gasteiger partial charge in [-0.05, 0) is 32.3 Å². The summed E-state index contributed by atoms with van der Waals surface area (Å²) in [5.74, 6) is 0. The van der Waals surface area contributed by atoms with E-state index in [0.29, 0.717) is 0 Å².